The van der Waals surface area contributed by atoms with Crippen LogP contribution in [0.2, 0.25) is 0 Å². The number of carboxylic acid groups (broad SMARTS) is 1. The first kappa shape index (κ1) is 14.9. The highest BCUT2D eigenvalue weighted by atomic mass is 32.2. The van der Waals surface area contributed by atoms with Gasteiger partial charge in [0.15, 0.2) is 0 Å². The summed E-state index contributed by atoms with van der Waals surface area (Å²) < 4.78 is 5.29. The van der Waals surface area contributed by atoms with Crippen molar-refractivity contribution in [3.63, 3.8) is 0 Å². The highest BCUT2D eigenvalue weighted by Gasteiger charge is 2.23. The Labute approximate surface area is 112 Å². The fourth-order valence-electron chi connectivity index (χ4n) is 1.89. The second kappa shape index (κ2) is 6.66. The van der Waals surface area contributed by atoms with Gasteiger partial charge in [-0.05, 0) is 30.4 Å². The van der Waals surface area contributed by atoms with Gasteiger partial charge < -0.3 is 15.6 Å². The van der Waals surface area contributed by atoms with Crippen LogP contribution in [0.4, 0.5) is 0 Å². The molecule has 1 aromatic carbocycles. The average molecular weight is 269 g/mol. The SMILES string of the molecule is CCc1cc(OC)c(C(CN)C(=O)O)cc1SC. The molecule has 0 saturated heterocycles. The van der Waals surface area contributed by atoms with E-state index in [-0.39, 0.29) is 6.54 Å². The maximum Gasteiger partial charge on any atom is 0.312 e. The Hall–Kier alpha value is -1.20. The highest BCUT2D eigenvalue weighted by molar-refractivity contribution is 7.98. The van der Waals surface area contributed by atoms with Gasteiger partial charge in [-0.15, -0.1) is 11.8 Å². The Kier molecular flexibility index (Phi) is 5.50. The molecule has 0 heterocycles. The minimum absolute atomic E-state index is 0.0605. The number of benzene rings is 1. The quantitative estimate of drug-likeness (QED) is 0.774. The lowest BCUT2D eigenvalue weighted by atomic mass is 9.96. The van der Waals surface area contributed by atoms with Crippen LogP contribution in [0.3, 0.4) is 0 Å². The number of carboxylic acids is 1. The molecule has 0 amide bonds. The number of rotatable bonds is 6. The van der Waals surface area contributed by atoms with Gasteiger partial charge in [0.2, 0.25) is 0 Å². The van der Waals surface area contributed by atoms with Crippen LogP contribution in [0.1, 0.15) is 24.0 Å². The summed E-state index contributed by atoms with van der Waals surface area (Å²) in [7, 11) is 1.55. The Bertz CT molecular complexity index is 434. The van der Waals surface area contributed by atoms with E-state index in [1.807, 2.05) is 18.4 Å². The maximum atomic E-state index is 11.2. The van der Waals surface area contributed by atoms with Crippen molar-refractivity contribution in [2.45, 2.75) is 24.2 Å². The first-order chi connectivity index (χ1) is 8.58. The van der Waals surface area contributed by atoms with Gasteiger partial charge in [-0.3, -0.25) is 4.79 Å². The molecular weight excluding hydrogens is 250 g/mol. The molecule has 0 saturated carbocycles. The minimum atomic E-state index is -0.924. The summed E-state index contributed by atoms with van der Waals surface area (Å²) in [5.41, 5.74) is 7.35. The van der Waals surface area contributed by atoms with Crippen LogP contribution in [-0.4, -0.2) is 31.0 Å². The van der Waals surface area contributed by atoms with Crippen molar-refractivity contribution in [1.82, 2.24) is 0 Å². The van der Waals surface area contributed by atoms with Crippen LogP contribution < -0.4 is 10.5 Å². The van der Waals surface area contributed by atoms with Gasteiger partial charge in [-0.2, -0.15) is 0 Å². The number of hydrogen-bond donors (Lipinski definition) is 2. The van der Waals surface area contributed by atoms with E-state index in [1.165, 1.54) is 0 Å². The van der Waals surface area contributed by atoms with Gasteiger partial charge >= 0.3 is 5.97 Å². The standard InChI is InChI=1S/C13H19NO3S/c1-4-8-5-11(17-2)9(6-12(8)18-3)10(7-14)13(15)16/h5-6,10H,4,7,14H2,1-3H3,(H,15,16). The normalized spacial score (nSPS) is 12.2. The average Bonchev–Trinajstić information content (AvgIpc) is 2.38. The first-order valence-electron chi connectivity index (χ1n) is 5.76. The summed E-state index contributed by atoms with van der Waals surface area (Å²) in [4.78, 5) is 12.3. The number of methoxy groups -OCH3 is 1. The monoisotopic (exact) mass is 269 g/mol. The van der Waals surface area contributed by atoms with Crippen LogP contribution in [0.15, 0.2) is 17.0 Å². The third kappa shape index (κ3) is 2.97. The van der Waals surface area contributed by atoms with E-state index in [0.29, 0.717) is 11.3 Å². The molecule has 0 aliphatic rings. The number of aliphatic carboxylic acids is 1. The smallest absolute Gasteiger partial charge is 0.312 e. The van der Waals surface area contributed by atoms with E-state index < -0.39 is 11.9 Å². The lowest BCUT2D eigenvalue weighted by molar-refractivity contribution is -0.138. The molecule has 0 fully saturated rings. The van der Waals surface area contributed by atoms with Gasteiger partial charge in [-0.25, -0.2) is 0 Å². The van der Waals surface area contributed by atoms with Crippen LogP contribution in [-0.2, 0) is 11.2 Å². The molecular formula is C13H19NO3S. The molecule has 0 aromatic heterocycles. The molecule has 4 nitrogen and oxygen atoms in total. The molecule has 0 bridgehead atoms. The molecule has 18 heavy (non-hydrogen) atoms. The van der Waals surface area contributed by atoms with Gasteiger partial charge in [0, 0.05) is 17.0 Å². The molecule has 1 unspecified atom stereocenters. The molecule has 1 aromatic rings. The van der Waals surface area contributed by atoms with Crippen molar-refractivity contribution in [2.24, 2.45) is 5.73 Å². The summed E-state index contributed by atoms with van der Waals surface area (Å²) in [6, 6.07) is 3.79. The molecule has 100 valence electrons. The molecule has 0 spiro atoms. The van der Waals surface area contributed by atoms with Crippen molar-refractivity contribution < 1.29 is 14.6 Å². The minimum Gasteiger partial charge on any atom is -0.496 e. The summed E-state index contributed by atoms with van der Waals surface area (Å²) in [5.74, 6) is -1.05. The molecule has 0 radical (unpaired) electrons. The number of thioether (sulfide) groups is 1. The number of nitrogens with two attached hydrogens (primary N) is 1. The summed E-state index contributed by atoms with van der Waals surface area (Å²) >= 11 is 1.60. The van der Waals surface area contributed by atoms with Crippen molar-refractivity contribution in [2.75, 3.05) is 19.9 Å². The number of carbonyl (C=O) groups is 1. The Balaban J connectivity index is 3.36. The third-order valence-corrected chi connectivity index (χ3v) is 3.74. The van der Waals surface area contributed by atoms with Crippen molar-refractivity contribution in [3.8, 4) is 5.75 Å². The number of aryl methyl sites for hydroxylation is 1. The van der Waals surface area contributed by atoms with Gasteiger partial charge in [0.1, 0.15) is 5.75 Å². The first-order valence-corrected chi connectivity index (χ1v) is 6.99. The third-order valence-electron chi connectivity index (χ3n) is 2.92. The summed E-state index contributed by atoms with van der Waals surface area (Å²) in [6.07, 6.45) is 2.86. The van der Waals surface area contributed by atoms with Crippen LogP contribution >= 0.6 is 11.8 Å². The maximum absolute atomic E-state index is 11.2. The van der Waals surface area contributed by atoms with Gasteiger partial charge in [0.05, 0.1) is 13.0 Å². The van der Waals surface area contributed by atoms with Crippen LogP contribution in [0.5, 0.6) is 5.75 Å². The van der Waals surface area contributed by atoms with E-state index in [9.17, 15) is 9.90 Å². The summed E-state index contributed by atoms with van der Waals surface area (Å²) in [5, 5.41) is 9.19. The Morgan fingerprint density at radius 3 is 2.61 bits per heavy atom. The molecule has 1 atom stereocenters. The fraction of sp³-hybridized carbons (Fsp3) is 0.462. The molecule has 3 N–H and O–H groups in total. The molecule has 0 aliphatic heterocycles. The van der Waals surface area contributed by atoms with E-state index in [2.05, 4.69) is 6.92 Å². The van der Waals surface area contributed by atoms with E-state index in [1.54, 1.807) is 18.9 Å². The van der Waals surface area contributed by atoms with E-state index in [4.69, 9.17) is 10.5 Å². The van der Waals surface area contributed by atoms with Crippen molar-refractivity contribution in [3.05, 3.63) is 23.3 Å². The molecule has 5 heteroatoms. The fourth-order valence-corrected chi connectivity index (χ4v) is 2.60. The number of ether oxygens (including phenoxy) is 1. The van der Waals surface area contributed by atoms with Crippen LogP contribution in [0.25, 0.3) is 0 Å². The second-order valence-corrected chi connectivity index (χ2v) is 4.73. The van der Waals surface area contributed by atoms with E-state index >= 15 is 0 Å². The van der Waals surface area contributed by atoms with E-state index in [0.717, 1.165) is 16.9 Å². The predicted molar refractivity (Wildman–Crippen MR) is 73.6 cm³/mol. The Morgan fingerprint density at radius 1 is 1.56 bits per heavy atom. The van der Waals surface area contributed by atoms with Gasteiger partial charge in [-0.1, -0.05) is 6.92 Å². The van der Waals surface area contributed by atoms with Crippen molar-refractivity contribution >= 4 is 17.7 Å². The number of hydrogen-bond acceptors (Lipinski definition) is 4. The largest absolute Gasteiger partial charge is 0.496 e. The zero-order valence-electron chi connectivity index (χ0n) is 10.9. The van der Waals surface area contributed by atoms with Crippen LogP contribution in [0, 0.1) is 0 Å². The van der Waals surface area contributed by atoms with Crippen molar-refractivity contribution in [1.29, 1.82) is 0 Å². The zero-order chi connectivity index (χ0) is 13.7. The molecule has 0 aliphatic carbocycles. The second-order valence-electron chi connectivity index (χ2n) is 3.89. The highest BCUT2D eigenvalue weighted by Crippen LogP contribution is 2.34. The lowest BCUT2D eigenvalue weighted by Crippen LogP contribution is -2.22. The Morgan fingerprint density at radius 2 is 2.22 bits per heavy atom. The zero-order valence-corrected chi connectivity index (χ0v) is 11.7. The lowest BCUT2D eigenvalue weighted by Gasteiger charge is -2.17. The molecule has 1 rings (SSSR count). The topological polar surface area (TPSA) is 72.5 Å². The van der Waals surface area contributed by atoms with Gasteiger partial charge in [0.25, 0.3) is 0 Å². The predicted octanol–water partition coefficient (Wildman–Crippen LogP) is 2.11. The summed E-state index contributed by atoms with van der Waals surface area (Å²) in [6.45, 7) is 2.12.